The molecule has 144 valence electrons. The molecule has 9 nitrogen and oxygen atoms in total. The summed E-state index contributed by atoms with van der Waals surface area (Å²) >= 11 is 6.16. The van der Waals surface area contributed by atoms with Gasteiger partial charge in [-0.25, -0.2) is 9.97 Å². The summed E-state index contributed by atoms with van der Waals surface area (Å²) in [6.45, 7) is 2.82. The quantitative estimate of drug-likeness (QED) is 0.719. The second kappa shape index (κ2) is 7.63. The maximum absolute atomic E-state index is 12.8. The highest BCUT2D eigenvalue weighted by atomic mass is 35.5. The molecule has 0 atom stereocenters. The second-order valence-corrected chi connectivity index (χ2v) is 9.09. The Morgan fingerprint density at radius 2 is 1.73 bits per heavy atom. The zero-order valence-electron chi connectivity index (χ0n) is 14.9. The van der Waals surface area contributed by atoms with Gasteiger partial charge >= 0.3 is 0 Å². The maximum atomic E-state index is 12.8. The first-order chi connectivity index (χ1) is 12.3. The lowest BCUT2D eigenvalue weighted by molar-refractivity contribution is 0.0689. The standard InChI is InChI=1S/C15H23ClN6O3S/c1-19(2)26(24,25)22-9-7-20(8-10-22)14(23)13-12(16)11-17-15(18-13)21-5-3-4-6-21/h11H,3-10H2,1-2H3. The lowest BCUT2D eigenvalue weighted by atomic mass is 10.3. The molecule has 1 aromatic heterocycles. The number of hydrogen-bond acceptors (Lipinski definition) is 6. The summed E-state index contributed by atoms with van der Waals surface area (Å²) in [4.78, 5) is 25.1. The normalized spacial score (nSPS) is 19.4. The summed E-state index contributed by atoms with van der Waals surface area (Å²) in [5, 5.41) is 0.210. The van der Waals surface area contributed by atoms with E-state index in [1.54, 1.807) is 4.90 Å². The summed E-state index contributed by atoms with van der Waals surface area (Å²) in [5.41, 5.74) is 0.174. The summed E-state index contributed by atoms with van der Waals surface area (Å²) in [6.07, 6.45) is 3.62. The number of piperazine rings is 1. The van der Waals surface area contributed by atoms with E-state index in [2.05, 4.69) is 9.97 Å². The zero-order chi connectivity index (χ0) is 18.9. The molecule has 2 aliphatic rings. The van der Waals surface area contributed by atoms with Crippen LogP contribution in [-0.2, 0) is 10.2 Å². The van der Waals surface area contributed by atoms with Crippen molar-refractivity contribution in [3.63, 3.8) is 0 Å². The first-order valence-corrected chi connectivity index (χ1v) is 10.3. The SMILES string of the molecule is CN(C)S(=O)(=O)N1CCN(C(=O)c2nc(N3CCCC3)ncc2Cl)CC1. The molecule has 0 spiro atoms. The third-order valence-corrected chi connectivity index (χ3v) is 6.85. The smallest absolute Gasteiger partial charge is 0.281 e. The third kappa shape index (κ3) is 3.78. The number of nitrogens with zero attached hydrogens (tertiary/aromatic N) is 6. The van der Waals surface area contributed by atoms with Crippen molar-refractivity contribution in [3.8, 4) is 0 Å². The van der Waals surface area contributed by atoms with Gasteiger partial charge in [0.05, 0.1) is 11.2 Å². The highest BCUT2D eigenvalue weighted by molar-refractivity contribution is 7.86. The molecule has 2 aliphatic heterocycles. The number of hydrogen-bond donors (Lipinski definition) is 0. The molecule has 0 bridgehead atoms. The monoisotopic (exact) mass is 402 g/mol. The van der Waals surface area contributed by atoms with Crippen LogP contribution in [0.25, 0.3) is 0 Å². The maximum Gasteiger partial charge on any atom is 0.281 e. The van der Waals surface area contributed by atoms with Crippen LogP contribution in [0.4, 0.5) is 5.95 Å². The number of rotatable bonds is 4. The van der Waals surface area contributed by atoms with E-state index in [-0.39, 0.29) is 29.7 Å². The fraction of sp³-hybridized carbons (Fsp3) is 0.667. The number of carbonyl (C=O) groups is 1. The van der Waals surface area contributed by atoms with Crippen LogP contribution in [0.5, 0.6) is 0 Å². The van der Waals surface area contributed by atoms with Gasteiger partial charge in [0.2, 0.25) is 5.95 Å². The fourth-order valence-electron chi connectivity index (χ4n) is 3.08. The second-order valence-electron chi connectivity index (χ2n) is 6.54. The molecule has 11 heteroatoms. The van der Waals surface area contributed by atoms with Gasteiger partial charge in [-0.15, -0.1) is 0 Å². The largest absolute Gasteiger partial charge is 0.341 e. The molecule has 3 rings (SSSR count). The van der Waals surface area contributed by atoms with Crippen LogP contribution in [0.2, 0.25) is 5.02 Å². The van der Waals surface area contributed by atoms with Crippen molar-refractivity contribution < 1.29 is 13.2 Å². The average molecular weight is 403 g/mol. The molecule has 0 saturated carbocycles. The Balaban J connectivity index is 1.71. The molecule has 2 saturated heterocycles. The Morgan fingerprint density at radius 1 is 1.12 bits per heavy atom. The van der Waals surface area contributed by atoms with E-state index >= 15 is 0 Å². The highest BCUT2D eigenvalue weighted by Gasteiger charge is 2.32. The molecule has 26 heavy (non-hydrogen) atoms. The minimum Gasteiger partial charge on any atom is -0.341 e. The van der Waals surface area contributed by atoms with Crippen LogP contribution in [0.15, 0.2) is 6.20 Å². The van der Waals surface area contributed by atoms with Gasteiger partial charge < -0.3 is 9.80 Å². The van der Waals surface area contributed by atoms with Gasteiger partial charge in [-0.1, -0.05) is 11.6 Å². The Bertz CT molecular complexity index is 774. The Kier molecular flexibility index (Phi) is 5.66. The third-order valence-electron chi connectivity index (χ3n) is 4.64. The van der Waals surface area contributed by atoms with Crippen molar-refractivity contribution in [1.29, 1.82) is 0 Å². The van der Waals surface area contributed by atoms with E-state index in [4.69, 9.17) is 11.6 Å². The first-order valence-electron chi connectivity index (χ1n) is 8.55. The van der Waals surface area contributed by atoms with Gasteiger partial charge in [0.15, 0.2) is 5.69 Å². The molecule has 0 N–H and O–H groups in total. The Hall–Kier alpha value is -1.49. The predicted octanol–water partition coefficient (Wildman–Crippen LogP) is 0.294. The molecule has 1 aromatic rings. The Labute approximate surface area is 158 Å². The van der Waals surface area contributed by atoms with Gasteiger partial charge in [0, 0.05) is 53.4 Å². The highest BCUT2D eigenvalue weighted by Crippen LogP contribution is 2.22. The number of amides is 1. The van der Waals surface area contributed by atoms with Crippen molar-refractivity contribution >= 4 is 33.7 Å². The topological polar surface area (TPSA) is 90.0 Å². The van der Waals surface area contributed by atoms with Gasteiger partial charge in [-0.3, -0.25) is 4.79 Å². The van der Waals surface area contributed by atoms with E-state index in [1.165, 1.54) is 28.9 Å². The predicted molar refractivity (Wildman–Crippen MR) is 98.6 cm³/mol. The van der Waals surface area contributed by atoms with Crippen LogP contribution in [0, 0.1) is 0 Å². The molecule has 0 radical (unpaired) electrons. The van der Waals surface area contributed by atoms with Gasteiger partial charge in [0.25, 0.3) is 16.1 Å². The summed E-state index contributed by atoms with van der Waals surface area (Å²) < 4.78 is 26.9. The molecule has 1 amide bonds. The van der Waals surface area contributed by atoms with E-state index in [1.807, 2.05) is 4.90 Å². The summed E-state index contributed by atoms with van der Waals surface area (Å²) in [5.74, 6) is 0.226. The average Bonchev–Trinajstić information content (AvgIpc) is 3.16. The number of halogens is 1. The lowest BCUT2D eigenvalue weighted by Crippen LogP contribution is -2.53. The molecule has 0 aliphatic carbocycles. The summed E-state index contributed by atoms with van der Waals surface area (Å²) in [6, 6.07) is 0. The van der Waals surface area contributed by atoms with Crippen molar-refractivity contribution in [2.24, 2.45) is 0 Å². The Morgan fingerprint density at radius 3 is 2.31 bits per heavy atom. The van der Waals surface area contributed by atoms with Gasteiger partial charge in [-0.2, -0.15) is 17.0 Å². The minimum absolute atomic E-state index is 0.174. The van der Waals surface area contributed by atoms with Crippen LogP contribution in [0.1, 0.15) is 23.3 Å². The molecular weight excluding hydrogens is 380 g/mol. The van der Waals surface area contributed by atoms with Crippen molar-refractivity contribution in [1.82, 2.24) is 23.5 Å². The summed E-state index contributed by atoms with van der Waals surface area (Å²) in [7, 11) is -0.482. The van der Waals surface area contributed by atoms with Crippen molar-refractivity contribution in [2.45, 2.75) is 12.8 Å². The van der Waals surface area contributed by atoms with Crippen LogP contribution in [-0.4, -0.2) is 91.2 Å². The van der Waals surface area contributed by atoms with Gasteiger partial charge in [-0.05, 0) is 12.8 Å². The number of carbonyl (C=O) groups excluding carboxylic acids is 1. The molecular formula is C15H23ClN6O3S. The van der Waals surface area contributed by atoms with Crippen LogP contribution < -0.4 is 4.90 Å². The first kappa shape index (κ1) is 19.3. The molecule has 2 fully saturated rings. The number of aromatic nitrogens is 2. The molecule has 0 unspecified atom stereocenters. The molecule has 0 aromatic carbocycles. The van der Waals surface area contributed by atoms with E-state index in [0.717, 1.165) is 25.9 Å². The minimum atomic E-state index is -3.47. The van der Waals surface area contributed by atoms with E-state index in [0.29, 0.717) is 19.0 Å². The van der Waals surface area contributed by atoms with E-state index < -0.39 is 10.2 Å². The van der Waals surface area contributed by atoms with Crippen LogP contribution >= 0.6 is 11.6 Å². The number of anilines is 1. The zero-order valence-corrected chi connectivity index (χ0v) is 16.5. The molecule has 3 heterocycles. The van der Waals surface area contributed by atoms with Crippen molar-refractivity contribution in [3.05, 3.63) is 16.9 Å². The van der Waals surface area contributed by atoms with Crippen molar-refractivity contribution in [2.75, 3.05) is 58.3 Å². The van der Waals surface area contributed by atoms with E-state index in [9.17, 15) is 13.2 Å². The van der Waals surface area contributed by atoms with Gasteiger partial charge in [0.1, 0.15) is 0 Å². The fourth-order valence-corrected chi connectivity index (χ4v) is 4.34. The van der Waals surface area contributed by atoms with Crippen LogP contribution in [0.3, 0.4) is 0 Å². The lowest BCUT2D eigenvalue weighted by Gasteiger charge is -2.35.